The zero-order chi connectivity index (χ0) is 21.8. The number of carboxylic acids is 1. The molecule has 0 aliphatic heterocycles. The maximum absolute atomic E-state index is 12.2. The lowest BCUT2D eigenvalue weighted by Crippen LogP contribution is -2.17. The topological polar surface area (TPSA) is 111 Å². The van der Waals surface area contributed by atoms with Crippen molar-refractivity contribution in [3.8, 4) is 0 Å². The van der Waals surface area contributed by atoms with E-state index < -0.39 is 17.8 Å². The minimum absolute atomic E-state index is 0.0330. The van der Waals surface area contributed by atoms with Gasteiger partial charge in [-0.3, -0.25) is 9.59 Å². The number of hydrogen-bond acceptors (Lipinski definition) is 5. The van der Waals surface area contributed by atoms with Gasteiger partial charge in [-0.25, -0.2) is 9.78 Å². The number of anilines is 1. The minimum Gasteiger partial charge on any atom is -0.478 e. The number of benzene rings is 1. The van der Waals surface area contributed by atoms with Crippen LogP contribution in [0.1, 0.15) is 65.8 Å². The van der Waals surface area contributed by atoms with Crippen molar-refractivity contribution in [2.24, 2.45) is 0 Å². The van der Waals surface area contributed by atoms with Crippen LogP contribution in [-0.2, 0) is 16.1 Å². The average molecular weight is 403 g/mol. The molecule has 2 rings (SSSR count). The molecule has 0 unspecified atom stereocenters. The number of aromatic nitrogens is 2. The number of carbonyl (C=O) groups excluding carboxylic acids is 2. The molecular weight excluding hydrogens is 374 g/mol. The van der Waals surface area contributed by atoms with Gasteiger partial charge in [0.25, 0.3) is 5.91 Å². The van der Waals surface area contributed by atoms with Crippen molar-refractivity contribution in [1.29, 1.82) is 0 Å². The van der Waals surface area contributed by atoms with Crippen molar-refractivity contribution >= 4 is 23.7 Å². The minimum atomic E-state index is -1.19. The molecule has 0 aliphatic rings. The summed E-state index contributed by atoms with van der Waals surface area (Å²) in [6.07, 6.45) is 8.35. The fourth-order valence-corrected chi connectivity index (χ4v) is 2.44. The van der Waals surface area contributed by atoms with Crippen molar-refractivity contribution < 1.29 is 24.2 Å². The summed E-state index contributed by atoms with van der Waals surface area (Å²) in [6, 6.07) is 4.52. The molecule has 1 aromatic carbocycles. The van der Waals surface area contributed by atoms with E-state index in [-0.39, 0.29) is 23.5 Å². The lowest BCUT2D eigenvalue weighted by Gasteiger charge is -2.07. The predicted octanol–water partition coefficient (Wildman–Crippen LogP) is 3.90. The van der Waals surface area contributed by atoms with Crippen molar-refractivity contribution in [2.45, 2.75) is 53.0 Å². The van der Waals surface area contributed by atoms with Gasteiger partial charge in [0.05, 0.1) is 24.6 Å². The molecule has 29 heavy (non-hydrogen) atoms. The van der Waals surface area contributed by atoms with E-state index in [1.165, 1.54) is 62.0 Å². The highest BCUT2D eigenvalue weighted by Gasteiger charge is 2.17. The van der Waals surface area contributed by atoms with E-state index in [4.69, 9.17) is 0 Å². The Labute approximate surface area is 170 Å². The van der Waals surface area contributed by atoms with E-state index >= 15 is 0 Å². The van der Waals surface area contributed by atoms with Gasteiger partial charge in [0, 0.05) is 6.20 Å². The van der Waals surface area contributed by atoms with Crippen LogP contribution in [0.5, 0.6) is 0 Å². The Kier molecular flexibility index (Phi) is 10.2. The van der Waals surface area contributed by atoms with Gasteiger partial charge in [0.1, 0.15) is 6.54 Å². The van der Waals surface area contributed by atoms with E-state index in [2.05, 4.69) is 28.9 Å². The normalized spacial score (nSPS) is 9.93. The molecule has 0 saturated carbocycles. The van der Waals surface area contributed by atoms with E-state index in [0.29, 0.717) is 0 Å². The van der Waals surface area contributed by atoms with Gasteiger partial charge in [-0.2, -0.15) is 0 Å². The Morgan fingerprint density at radius 2 is 1.79 bits per heavy atom. The number of rotatable bonds is 8. The van der Waals surface area contributed by atoms with Crippen LogP contribution in [0.25, 0.3) is 0 Å². The third-order valence-electron chi connectivity index (χ3n) is 4.02. The number of nitrogens with zero attached hydrogens (tertiary/aromatic N) is 2. The number of ether oxygens (including phenoxy) is 1. The number of aryl methyl sites for hydroxylation is 1. The summed E-state index contributed by atoms with van der Waals surface area (Å²) < 4.78 is 5.97. The predicted molar refractivity (Wildman–Crippen MR) is 110 cm³/mol. The summed E-state index contributed by atoms with van der Waals surface area (Å²) in [5, 5.41) is 11.7. The summed E-state index contributed by atoms with van der Waals surface area (Å²) >= 11 is 0. The largest absolute Gasteiger partial charge is 0.478 e. The van der Waals surface area contributed by atoms with Gasteiger partial charge >= 0.3 is 11.9 Å². The van der Waals surface area contributed by atoms with Crippen LogP contribution in [0.3, 0.4) is 0 Å². The molecule has 2 aromatic rings. The average Bonchev–Trinajstić information content (AvgIpc) is 3.13. The summed E-state index contributed by atoms with van der Waals surface area (Å²) in [5.41, 5.74) is 0.684. The van der Waals surface area contributed by atoms with Crippen LogP contribution in [0.15, 0.2) is 30.7 Å². The van der Waals surface area contributed by atoms with E-state index in [0.717, 1.165) is 5.56 Å². The molecule has 0 aliphatic carbocycles. The summed E-state index contributed by atoms with van der Waals surface area (Å²) in [4.78, 5) is 38.6. The van der Waals surface area contributed by atoms with Crippen LogP contribution in [0.4, 0.5) is 5.82 Å². The molecule has 8 nitrogen and oxygen atoms in total. The van der Waals surface area contributed by atoms with Gasteiger partial charge in [-0.05, 0) is 19.1 Å². The van der Waals surface area contributed by atoms with Gasteiger partial charge < -0.3 is 19.7 Å². The van der Waals surface area contributed by atoms with E-state index in [1.807, 2.05) is 0 Å². The number of unbranched alkanes of at least 4 members (excludes halogenated alkanes) is 3. The fraction of sp³-hybridized carbons (Fsp3) is 0.429. The summed E-state index contributed by atoms with van der Waals surface area (Å²) in [5.74, 6) is -2.02. The summed E-state index contributed by atoms with van der Waals surface area (Å²) in [7, 11) is 1.27. The number of esters is 1. The highest BCUT2D eigenvalue weighted by molar-refractivity contribution is 6.10. The lowest BCUT2D eigenvalue weighted by atomic mass is 10.0. The molecule has 0 atom stereocenters. The second-order valence-corrected chi connectivity index (χ2v) is 6.52. The molecule has 0 saturated heterocycles. The number of carbonyl (C=O) groups is 3. The molecule has 0 radical (unpaired) electrons. The van der Waals surface area contributed by atoms with Gasteiger partial charge in [0.2, 0.25) is 0 Å². The Bertz CT molecular complexity index is 825. The molecule has 158 valence electrons. The van der Waals surface area contributed by atoms with Crippen LogP contribution in [0, 0.1) is 6.92 Å². The smallest absolute Gasteiger partial charge is 0.336 e. The molecular formula is C21H29N3O5. The first-order chi connectivity index (χ1) is 13.8. The first-order valence-corrected chi connectivity index (χ1v) is 9.56. The summed E-state index contributed by atoms with van der Waals surface area (Å²) in [6.45, 7) is 6.16. The Morgan fingerprint density at radius 1 is 1.14 bits per heavy atom. The maximum atomic E-state index is 12.2. The number of amides is 1. The number of aromatic carboxylic acids is 1. The van der Waals surface area contributed by atoms with E-state index in [9.17, 15) is 19.5 Å². The molecule has 0 spiro atoms. The molecule has 1 aromatic heterocycles. The SMILES string of the molecule is CCCCCC.COC(=O)Cn1cnc(NC(=O)c2ccc(C)cc2C(=O)O)c1. The second-order valence-electron chi connectivity index (χ2n) is 6.52. The number of carboxylic acid groups (broad SMARTS) is 1. The number of imidazole rings is 1. The highest BCUT2D eigenvalue weighted by atomic mass is 16.5. The first-order valence-electron chi connectivity index (χ1n) is 9.56. The van der Waals surface area contributed by atoms with E-state index in [1.54, 1.807) is 13.0 Å². The van der Waals surface area contributed by atoms with Crippen molar-refractivity contribution in [3.63, 3.8) is 0 Å². The molecule has 2 N–H and O–H groups in total. The van der Waals surface area contributed by atoms with Crippen molar-refractivity contribution in [1.82, 2.24) is 9.55 Å². The standard InChI is InChI=1S/C15H15N3O5.C6H14/c1-9-3-4-10(11(5-9)15(21)22)14(20)17-12-6-18(8-16-12)7-13(19)23-2;1-3-5-6-4-2/h3-6,8H,7H2,1-2H3,(H,17,20)(H,21,22);3-6H2,1-2H3. The monoisotopic (exact) mass is 403 g/mol. The van der Waals surface area contributed by atoms with Gasteiger partial charge in [-0.15, -0.1) is 0 Å². The van der Waals surface area contributed by atoms with Crippen molar-refractivity contribution in [3.05, 3.63) is 47.4 Å². The molecule has 8 heteroatoms. The molecule has 1 amide bonds. The fourth-order valence-electron chi connectivity index (χ4n) is 2.44. The van der Waals surface area contributed by atoms with Crippen LogP contribution in [0.2, 0.25) is 0 Å². The maximum Gasteiger partial charge on any atom is 0.336 e. The molecule has 0 fully saturated rings. The van der Waals surface area contributed by atoms with Crippen molar-refractivity contribution in [2.75, 3.05) is 12.4 Å². The van der Waals surface area contributed by atoms with Gasteiger partial charge in [-0.1, -0.05) is 51.2 Å². The number of nitrogens with one attached hydrogen (secondary N) is 1. The first kappa shape index (κ1) is 23.9. The number of hydrogen-bond donors (Lipinski definition) is 2. The third kappa shape index (κ3) is 8.16. The third-order valence-corrected chi connectivity index (χ3v) is 4.02. The second kappa shape index (κ2) is 12.3. The quantitative estimate of drug-likeness (QED) is 0.511. The van der Waals surface area contributed by atoms with Crippen LogP contribution in [-0.4, -0.2) is 39.6 Å². The van der Waals surface area contributed by atoms with Crippen LogP contribution >= 0.6 is 0 Å². The Balaban J connectivity index is 0.000000612. The Morgan fingerprint density at radius 3 is 2.34 bits per heavy atom. The molecule has 0 bridgehead atoms. The zero-order valence-electron chi connectivity index (χ0n) is 17.4. The molecule has 1 heterocycles. The van der Waals surface area contributed by atoms with Gasteiger partial charge in [0.15, 0.2) is 5.82 Å². The number of methoxy groups -OCH3 is 1. The highest BCUT2D eigenvalue weighted by Crippen LogP contribution is 2.14. The lowest BCUT2D eigenvalue weighted by molar-refractivity contribution is -0.141. The Hall–Kier alpha value is -3.16. The zero-order valence-corrected chi connectivity index (χ0v) is 17.4. The van der Waals surface area contributed by atoms with Crippen LogP contribution < -0.4 is 5.32 Å².